The topological polar surface area (TPSA) is 76.3 Å². The van der Waals surface area contributed by atoms with Gasteiger partial charge in [0.25, 0.3) is 5.56 Å². The van der Waals surface area contributed by atoms with Gasteiger partial charge in [-0.25, -0.2) is 4.79 Å². The van der Waals surface area contributed by atoms with Crippen LogP contribution in [0.25, 0.3) is 0 Å². The Balaban J connectivity index is 1.66. The molecule has 30 heavy (non-hydrogen) atoms. The largest absolute Gasteiger partial charge is 0.357 e. The summed E-state index contributed by atoms with van der Waals surface area (Å²) in [7, 11) is 1.49. The van der Waals surface area contributed by atoms with Crippen molar-refractivity contribution in [1.29, 1.82) is 0 Å². The lowest BCUT2D eigenvalue weighted by molar-refractivity contribution is -0.125. The van der Waals surface area contributed by atoms with Crippen LogP contribution < -0.4 is 21.5 Å². The molecule has 0 aliphatic carbocycles. The summed E-state index contributed by atoms with van der Waals surface area (Å²) in [6.07, 6.45) is 3.16. The first-order chi connectivity index (χ1) is 14.4. The van der Waals surface area contributed by atoms with Gasteiger partial charge < -0.3 is 10.2 Å². The van der Waals surface area contributed by atoms with Gasteiger partial charge in [-0.15, -0.1) is 0 Å². The summed E-state index contributed by atoms with van der Waals surface area (Å²) >= 11 is 5.90. The molecule has 2 aromatic rings. The Morgan fingerprint density at radius 3 is 2.67 bits per heavy atom. The zero-order chi connectivity index (χ0) is 21.7. The van der Waals surface area contributed by atoms with Crippen molar-refractivity contribution in [1.82, 2.24) is 14.5 Å². The van der Waals surface area contributed by atoms with Crippen molar-refractivity contribution in [3.63, 3.8) is 0 Å². The van der Waals surface area contributed by atoms with E-state index in [4.69, 9.17) is 11.6 Å². The zero-order valence-corrected chi connectivity index (χ0v) is 18.3. The number of carbonyl (C=O) groups is 1. The molecule has 0 bridgehead atoms. The van der Waals surface area contributed by atoms with Gasteiger partial charge in [0.15, 0.2) is 0 Å². The number of hydrogen-bond acceptors (Lipinski definition) is 4. The Morgan fingerprint density at radius 2 is 1.97 bits per heavy atom. The monoisotopic (exact) mass is 432 g/mol. The van der Waals surface area contributed by atoms with Crippen LogP contribution >= 0.6 is 11.6 Å². The van der Waals surface area contributed by atoms with Gasteiger partial charge in [-0.2, -0.15) is 0 Å². The van der Waals surface area contributed by atoms with Crippen LogP contribution in [0.3, 0.4) is 0 Å². The molecule has 1 N–H and O–H groups in total. The van der Waals surface area contributed by atoms with Gasteiger partial charge in [-0.05, 0) is 43.4 Å². The van der Waals surface area contributed by atoms with E-state index in [9.17, 15) is 14.4 Å². The summed E-state index contributed by atoms with van der Waals surface area (Å²) in [6, 6.07) is 9.12. The lowest BCUT2D eigenvalue weighted by atomic mass is 9.97. The van der Waals surface area contributed by atoms with E-state index in [0.29, 0.717) is 30.5 Å². The smallest absolute Gasteiger partial charge is 0.332 e. The molecule has 0 spiro atoms. The van der Waals surface area contributed by atoms with Crippen LogP contribution in [-0.2, 0) is 24.8 Å². The first-order valence-corrected chi connectivity index (χ1v) is 10.9. The van der Waals surface area contributed by atoms with Crippen LogP contribution in [0.15, 0.2) is 39.9 Å². The molecular formula is C22H29ClN4O3. The number of hydrogen-bond donors (Lipinski definition) is 1. The Hall–Kier alpha value is -2.54. The fourth-order valence-corrected chi connectivity index (χ4v) is 4.00. The number of benzene rings is 1. The second kappa shape index (κ2) is 9.98. The molecule has 8 heteroatoms. The second-order valence-corrected chi connectivity index (χ2v) is 8.22. The third-order valence-electron chi connectivity index (χ3n) is 5.57. The Bertz CT molecular complexity index is 997. The van der Waals surface area contributed by atoms with Crippen LogP contribution in [0.2, 0.25) is 5.02 Å². The highest BCUT2D eigenvalue weighted by molar-refractivity contribution is 6.30. The molecule has 0 saturated carbocycles. The summed E-state index contributed by atoms with van der Waals surface area (Å²) in [4.78, 5) is 39.5. The van der Waals surface area contributed by atoms with E-state index in [1.807, 2.05) is 36.1 Å². The minimum absolute atomic E-state index is 0.0156. The number of anilines is 1. The van der Waals surface area contributed by atoms with E-state index < -0.39 is 0 Å². The first-order valence-electron chi connectivity index (χ1n) is 10.5. The molecule has 2 heterocycles. The summed E-state index contributed by atoms with van der Waals surface area (Å²) in [5.41, 5.74) is 0.486. The number of halogens is 1. The molecule has 0 radical (unpaired) electrons. The summed E-state index contributed by atoms with van der Waals surface area (Å²) < 4.78 is 2.77. The molecule has 1 saturated heterocycles. The van der Waals surface area contributed by atoms with Crippen molar-refractivity contribution in [3.05, 3.63) is 61.8 Å². The average molecular weight is 433 g/mol. The Labute approximate surface area is 181 Å². The summed E-state index contributed by atoms with van der Waals surface area (Å²) in [5, 5.41) is 3.72. The van der Waals surface area contributed by atoms with Crippen LogP contribution in [-0.4, -0.2) is 34.7 Å². The maximum atomic E-state index is 12.7. The predicted octanol–water partition coefficient (Wildman–Crippen LogP) is 2.19. The van der Waals surface area contributed by atoms with Crippen molar-refractivity contribution in [2.75, 3.05) is 24.5 Å². The van der Waals surface area contributed by atoms with E-state index in [-0.39, 0.29) is 23.1 Å². The molecule has 162 valence electrons. The third-order valence-corrected chi connectivity index (χ3v) is 5.82. The summed E-state index contributed by atoms with van der Waals surface area (Å²) in [5.74, 6) is 0.462. The predicted molar refractivity (Wildman–Crippen MR) is 119 cm³/mol. The number of piperidine rings is 1. The van der Waals surface area contributed by atoms with Crippen molar-refractivity contribution in [2.45, 2.75) is 39.2 Å². The normalized spacial score (nSPS) is 16.5. The van der Waals surface area contributed by atoms with E-state index in [1.165, 1.54) is 13.1 Å². The van der Waals surface area contributed by atoms with Crippen molar-refractivity contribution >= 4 is 23.3 Å². The minimum Gasteiger partial charge on any atom is -0.357 e. The number of amides is 1. The molecule has 1 unspecified atom stereocenters. The van der Waals surface area contributed by atoms with Crippen LogP contribution in [0.4, 0.5) is 5.82 Å². The molecular weight excluding hydrogens is 404 g/mol. The highest BCUT2D eigenvalue weighted by atomic mass is 35.5. The minimum atomic E-state index is -0.322. The highest BCUT2D eigenvalue weighted by Gasteiger charge is 2.27. The van der Waals surface area contributed by atoms with Crippen LogP contribution in [0, 0.1) is 5.92 Å². The number of nitrogens with zero attached hydrogens (tertiary/aromatic N) is 3. The zero-order valence-electron chi connectivity index (χ0n) is 17.6. The fraction of sp³-hybridized carbons (Fsp3) is 0.500. The Kier molecular flexibility index (Phi) is 7.37. The lowest BCUT2D eigenvalue weighted by Gasteiger charge is -2.35. The summed E-state index contributed by atoms with van der Waals surface area (Å²) in [6.45, 7) is 4.32. The molecule has 1 aliphatic rings. The lowest BCUT2D eigenvalue weighted by Crippen LogP contribution is -2.47. The van der Waals surface area contributed by atoms with Crippen LogP contribution in [0.5, 0.6) is 0 Å². The standard InChI is InChI=1S/C22H29ClN4O3/c1-3-12-27-19(14-20(28)25(2)22(27)30)26-13-4-5-17(15-26)21(29)24-11-10-16-6-8-18(23)9-7-16/h6-9,14,17H,3-5,10-13,15H2,1-2H3,(H,24,29). The van der Waals surface area contributed by atoms with E-state index >= 15 is 0 Å². The SMILES string of the molecule is CCCn1c(N2CCCC(C(=O)NCCc3ccc(Cl)cc3)C2)cc(=O)n(C)c1=O. The quantitative estimate of drug-likeness (QED) is 0.727. The molecule has 3 rings (SSSR count). The number of rotatable bonds is 7. The highest BCUT2D eigenvalue weighted by Crippen LogP contribution is 2.22. The van der Waals surface area contributed by atoms with Gasteiger partial charge in [0.1, 0.15) is 5.82 Å². The van der Waals surface area contributed by atoms with E-state index in [0.717, 1.165) is 42.4 Å². The van der Waals surface area contributed by atoms with E-state index in [1.54, 1.807) is 4.57 Å². The maximum Gasteiger partial charge on any atom is 0.332 e. The average Bonchev–Trinajstić information content (AvgIpc) is 2.75. The number of aromatic nitrogens is 2. The van der Waals surface area contributed by atoms with Gasteiger partial charge in [0, 0.05) is 44.3 Å². The van der Waals surface area contributed by atoms with Crippen molar-refractivity contribution in [3.8, 4) is 0 Å². The molecule has 1 aromatic heterocycles. The molecule has 1 atom stereocenters. The molecule has 1 aliphatic heterocycles. The van der Waals surface area contributed by atoms with Crippen molar-refractivity contribution in [2.24, 2.45) is 13.0 Å². The molecule has 1 aromatic carbocycles. The molecule has 1 amide bonds. The van der Waals surface area contributed by atoms with E-state index in [2.05, 4.69) is 5.32 Å². The number of carbonyl (C=O) groups excluding carboxylic acids is 1. The van der Waals surface area contributed by atoms with Crippen molar-refractivity contribution < 1.29 is 4.79 Å². The second-order valence-electron chi connectivity index (χ2n) is 7.79. The fourth-order valence-electron chi connectivity index (χ4n) is 3.88. The van der Waals surface area contributed by atoms with Gasteiger partial charge in [0.2, 0.25) is 5.91 Å². The van der Waals surface area contributed by atoms with Gasteiger partial charge in [-0.3, -0.25) is 18.7 Å². The third kappa shape index (κ3) is 5.14. The van der Waals surface area contributed by atoms with Gasteiger partial charge in [-0.1, -0.05) is 30.7 Å². The first kappa shape index (κ1) is 22.2. The molecule has 7 nitrogen and oxygen atoms in total. The van der Waals surface area contributed by atoms with Crippen LogP contribution in [0.1, 0.15) is 31.7 Å². The molecule has 1 fully saturated rings. The Morgan fingerprint density at radius 1 is 1.23 bits per heavy atom. The van der Waals surface area contributed by atoms with Gasteiger partial charge >= 0.3 is 5.69 Å². The number of nitrogens with one attached hydrogen (secondary N) is 1. The van der Waals surface area contributed by atoms with Gasteiger partial charge in [0.05, 0.1) is 5.92 Å². The maximum absolute atomic E-state index is 12.7.